The van der Waals surface area contributed by atoms with Crippen LogP contribution < -0.4 is 9.47 Å². The summed E-state index contributed by atoms with van der Waals surface area (Å²) in [5, 5.41) is 11.9. The minimum absolute atomic E-state index is 0.0585. The molecule has 0 amide bonds. The number of methoxy groups -OCH3 is 2. The number of piperidine rings is 1. The number of aliphatic hydroxyl groups is 1. The fraction of sp³-hybridized carbons (Fsp3) is 0.391. The molecule has 0 radical (unpaired) electrons. The van der Waals surface area contributed by atoms with Crippen molar-refractivity contribution in [2.45, 2.75) is 23.3 Å². The number of rotatable bonds is 7. The summed E-state index contributed by atoms with van der Waals surface area (Å²) in [7, 11) is 5.26. The van der Waals surface area contributed by atoms with Crippen LogP contribution in [-0.2, 0) is 5.60 Å². The molecular weight excluding hydrogens is 432 g/mol. The zero-order valence-corrected chi connectivity index (χ0v) is 19.5. The second-order valence-electron chi connectivity index (χ2n) is 7.74. The van der Waals surface area contributed by atoms with E-state index >= 15 is 0 Å². The molecule has 3 heterocycles. The van der Waals surface area contributed by atoms with Crippen LogP contribution in [-0.4, -0.2) is 60.9 Å². The Bertz CT molecular complexity index is 1090. The number of aromatic nitrogens is 1. The molecule has 1 fully saturated rings. The van der Waals surface area contributed by atoms with Crippen molar-refractivity contribution in [1.29, 1.82) is 0 Å². The highest BCUT2D eigenvalue weighted by atomic mass is 32.2. The molecule has 164 valence electrons. The number of thioether (sulfide) groups is 1. The van der Waals surface area contributed by atoms with Crippen LogP contribution in [0.1, 0.15) is 27.4 Å². The fourth-order valence-corrected chi connectivity index (χ4v) is 5.86. The first-order valence-electron chi connectivity index (χ1n) is 10.1. The van der Waals surface area contributed by atoms with Crippen molar-refractivity contribution in [3.05, 3.63) is 46.3 Å². The lowest BCUT2D eigenvalue weighted by Crippen LogP contribution is -2.40. The number of fused-ring (bicyclic) bond motifs is 1. The van der Waals surface area contributed by atoms with E-state index in [1.165, 1.54) is 23.1 Å². The number of Topliss-reactive ketones (excluding diaryl/α,β-unsaturated/α-hetero) is 1. The smallest absolute Gasteiger partial charge is 0.182 e. The summed E-state index contributed by atoms with van der Waals surface area (Å²) in [5.74, 6) is 1.63. The molecule has 1 aliphatic heterocycles. The third kappa shape index (κ3) is 4.57. The molecule has 6 nitrogen and oxygen atoms in total. The third-order valence-electron chi connectivity index (χ3n) is 5.72. The molecule has 8 heteroatoms. The lowest BCUT2D eigenvalue weighted by Gasteiger charge is -2.35. The van der Waals surface area contributed by atoms with Gasteiger partial charge in [0.2, 0.25) is 0 Å². The van der Waals surface area contributed by atoms with Gasteiger partial charge >= 0.3 is 0 Å². The Balaban J connectivity index is 1.49. The number of likely N-dealkylation sites (tertiary alicyclic amines) is 1. The molecule has 0 aliphatic carbocycles. The Morgan fingerprint density at radius 2 is 1.90 bits per heavy atom. The van der Waals surface area contributed by atoms with E-state index in [2.05, 4.69) is 16.9 Å². The van der Waals surface area contributed by atoms with Gasteiger partial charge in [0.25, 0.3) is 0 Å². The number of ether oxygens (including phenoxy) is 2. The van der Waals surface area contributed by atoms with Crippen LogP contribution >= 0.6 is 23.1 Å². The van der Waals surface area contributed by atoms with Gasteiger partial charge in [-0.25, -0.2) is 0 Å². The number of carbonyl (C=O) groups excluding carboxylic acids is 1. The normalized spacial score (nSPS) is 16.4. The van der Waals surface area contributed by atoms with Crippen molar-refractivity contribution in [2.75, 3.05) is 40.1 Å². The lowest BCUT2D eigenvalue weighted by molar-refractivity contribution is -0.0172. The molecule has 2 aromatic heterocycles. The number of thiophene rings is 1. The Labute approximate surface area is 190 Å². The van der Waals surface area contributed by atoms with Gasteiger partial charge in [-0.2, -0.15) is 0 Å². The maximum absolute atomic E-state index is 12.9. The summed E-state index contributed by atoms with van der Waals surface area (Å²) in [5.41, 5.74) is -0.0299. The van der Waals surface area contributed by atoms with E-state index < -0.39 is 5.60 Å². The molecule has 0 atom stereocenters. The van der Waals surface area contributed by atoms with Crippen LogP contribution in [0.3, 0.4) is 0 Å². The molecule has 0 spiro atoms. The number of carbonyl (C=O) groups is 1. The average molecular weight is 459 g/mol. The van der Waals surface area contributed by atoms with Crippen molar-refractivity contribution < 1.29 is 19.4 Å². The molecule has 1 saturated heterocycles. The summed E-state index contributed by atoms with van der Waals surface area (Å²) in [4.78, 5) is 22.0. The van der Waals surface area contributed by atoms with Crippen LogP contribution in [0.5, 0.6) is 11.5 Å². The van der Waals surface area contributed by atoms with Crippen LogP contribution in [0.25, 0.3) is 10.9 Å². The first-order valence-corrected chi connectivity index (χ1v) is 11.9. The molecule has 0 saturated carbocycles. The monoisotopic (exact) mass is 458 g/mol. The van der Waals surface area contributed by atoms with Crippen LogP contribution in [0.4, 0.5) is 0 Å². The van der Waals surface area contributed by atoms with Gasteiger partial charge in [0.1, 0.15) is 5.60 Å². The molecule has 1 aromatic carbocycles. The van der Waals surface area contributed by atoms with Gasteiger partial charge in [-0.05, 0) is 44.2 Å². The molecule has 3 aromatic rings. The second-order valence-corrected chi connectivity index (χ2v) is 9.84. The predicted molar refractivity (Wildman–Crippen MR) is 125 cm³/mol. The van der Waals surface area contributed by atoms with Gasteiger partial charge in [0.15, 0.2) is 17.3 Å². The highest BCUT2D eigenvalue weighted by Crippen LogP contribution is 2.38. The van der Waals surface area contributed by atoms with Crippen molar-refractivity contribution in [2.24, 2.45) is 0 Å². The molecule has 31 heavy (non-hydrogen) atoms. The summed E-state index contributed by atoms with van der Waals surface area (Å²) in [6.45, 7) is 1.72. The number of benzene rings is 1. The van der Waals surface area contributed by atoms with E-state index in [1.807, 2.05) is 30.3 Å². The predicted octanol–water partition coefficient (Wildman–Crippen LogP) is 4.20. The van der Waals surface area contributed by atoms with E-state index in [0.29, 0.717) is 35.0 Å². The van der Waals surface area contributed by atoms with E-state index in [9.17, 15) is 9.90 Å². The second kappa shape index (κ2) is 9.16. The molecular formula is C23H26N2O4S2. The SMILES string of the molecule is COc1cc2nccc(SCC(=O)c3ccc(C4(O)CCN(C)CC4)s3)c2cc1OC. The van der Waals surface area contributed by atoms with Crippen molar-refractivity contribution in [1.82, 2.24) is 9.88 Å². The lowest BCUT2D eigenvalue weighted by atomic mass is 9.90. The van der Waals surface area contributed by atoms with Gasteiger partial charge in [-0.1, -0.05) is 0 Å². The summed E-state index contributed by atoms with van der Waals surface area (Å²) < 4.78 is 10.8. The first-order chi connectivity index (χ1) is 14.9. The molecule has 0 bridgehead atoms. The van der Waals surface area contributed by atoms with E-state index in [4.69, 9.17) is 9.47 Å². The zero-order chi connectivity index (χ0) is 22.0. The van der Waals surface area contributed by atoms with Crippen molar-refractivity contribution in [3.63, 3.8) is 0 Å². The number of nitrogens with zero attached hydrogens (tertiary/aromatic N) is 2. The molecule has 1 N–H and O–H groups in total. The molecule has 1 aliphatic rings. The zero-order valence-electron chi connectivity index (χ0n) is 17.9. The number of ketones is 1. The minimum Gasteiger partial charge on any atom is -0.493 e. The quantitative estimate of drug-likeness (QED) is 0.420. The topological polar surface area (TPSA) is 71.9 Å². The average Bonchev–Trinajstić information content (AvgIpc) is 3.30. The highest BCUT2D eigenvalue weighted by Gasteiger charge is 2.34. The van der Waals surface area contributed by atoms with Gasteiger partial charge in [-0.3, -0.25) is 9.78 Å². The fourth-order valence-electron chi connectivity index (χ4n) is 3.76. The molecule has 4 rings (SSSR count). The van der Waals surface area contributed by atoms with Gasteiger partial charge < -0.3 is 19.5 Å². The van der Waals surface area contributed by atoms with Crippen LogP contribution in [0.15, 0.2) is 41.4 Å². The number of hydrogen-bond donors (Lipinski definition) is 1. The van der Waals surface area contributed by atoms with Crippen LogP contribution in [0.2, 0.25) is 0 Å². The Morgan fingerprint density at radius 3 is 2.61 bits per heavy atom. The highest BCUT2D eigenvalue weighted by molar-refractivity contribution is 8.00. The summed E-state index contributed by atoms with van der Waals surface area (Å²) in [6.07, 6.45) is 3.13. The van der Waals surface area contributed by atoms with Gasteiger partial charge in [0.05, 0.1) is 30.4 Å². The number of hydrogen-bond acceptors (Lipinski definition) is 8. The minimum atomic E-state index is -0.820. The maximum atomic E-state index is 12.9. The Hall–Kier alpha value is -2.13. The largest absolute Gasteiger partial charge is 0.493 e. The Morgan fingerprint density at radius 1 is 1.19 bits per heavy atom. The van der Waals surface area contributed by atoms with E-state index in [1.54, 1.807) is 20.4 Å². The van der Waals surface area contributed by atoms with E-state index in [-0.39, 0.29) is 5.78 Å². The maximum Gasteiger partial charge on any atom is 0.182 e. The van der Waals surface area contributed by atoms with E-state index in [0.717, 1.165) is 33.8 Å². The van der Waals surface area contributed by atoms with Gasteiger partial charge in [-0.15, -0.1) is 23.1 Å². The van der Waals surface area contributed by atoms with Crippen LogP contribution in [0, 0.1) is 0 Å². The first kappa shape index (κ1) is 22.1. The summed E-state index contributed by atoms with van der Waals surface area (Å²) >= 11 is 2.90. The third-order valence-corrected chi connectivity index (χ3v) is 8.11. The summed E-state index contributed by atoms with van der Waals surface area (Å²) in [6, 6.07) is 9.40. The Kier molecular flexibility index (Phi) is 6.52. The van der Waals surface area contributed by atoms with Gasteiger partial charge in [0, 0.05) is 40.5 Å². The van der Waals surface area contributed by atoms with Crippen molar-refractivity contribution in [3.8, 4) is 11.5 Å². The standard InChI is InChI=1S/C23H26N2O4S2/c1-25-10-7-23(27,8-11-25)22-5-4-21(31-22)17(26)14-30-20-6-9-24-16-13-19(29-3)18(28-2)12-15(16)20/h4-6,9,12-13,27H,7-8,10-11,14H2,1-3H3. The molecule has 0 unspecified atom stereocenters. The number of pyridine rings is 1. The van der Waals surface area contributed by atoms with Crippen molar-refractivity contribution >= 4 is 39.8 Å².